The molecule has 1 unspecified atom stereocenters. The zero-order valence-corrected chi connectivity index (χ0v) is 20.9. The summed E-state index contributed by atoms with van der Waals surface area (Å²) in [5.41, 5.74) is 4.69. The van der Waals surface area contributed by atoms with Crippen LogP contribution in [0.3, 0.4) is 0 Å². The molecule has 0 radical (unpaired) electrons. The molecule has 4 aromatic rings. The van der Waals surface area contributed by atoms with E-state index in [9.17, 15) is 9.18 Å². The van der Waals surface area contributed by atoms with Gasteiger partial charge in [0.1, 0.15) is 12.1 Å². The molecule has 1 aromatic heterocycles. The van der Waals surface area contributed by atoms with Crippen molar-refractivity contribution < 1.29 is 13.6 Å². The molecule has 3 aromatic carbocycles. The highest BCUT2D eigenvalue weighted by Crippen LogP contribution is 2.19. The maximum atomic E-state index is 13.4. The van der Waals surface area contributed by atoms with Crippen LogP contribution in [0, 0.1) is 5.82 Å². The molecule has 1 heterocycles. The topological polar surface area (TPSA) is 58.4 Å². The predicted molar refractivity (Wildman–Crippen MR) is 139 cm³/mol. The van der Waals surface area contributed by atoms with Gasteiger partial charge in [0.25, 0.3) is 5.91 Å². The van der Waals surface area contributed by atoms with Crippen molar-refractivity contribution in [2.75, 3.05) is 0 Å². The molecule has 0 saturated carbocycles. The molecular formula is C30H32FN3O2. The average molecular weight is 486 g/mol. The fraction of sp³-hybridized carbons (Fsp3) is 0.267. The summed E-state index contributed by atoms with van der Waals surface area (Å²) < 4.78 is 19.1. The van der Waals surface area contributed by atoms with E-state index in [0.717, 1.165) is 16.7 Å². The first-order valence-electron chi connectivity index (χ1n) is 12.2. The lowest BCUT2D eigenvalue weighted by Crippen LogP contribution is -2.27. The van der Waals surface area contributed by atoms with Crippen LogP contribution in [-0.2, 0) is 19.6 Å². The van der Waals surface area contributed by atoms with Crippen molar-refractivity contribution in [3.8, 4) is 0 Å². The summed E-state index contributed by atoms with van der Waals surface area (Å²) in [6.07, 6.45) is 1.40. The minimum Gasteiger partial charge on any atom is -0.447 e. The lowest BCUT2D eigenvalue weighted by Gasteiger charge is -2.21. The minimum absolute atomic E-state index is 0.150. The molecule has 0 spiro atoms. The van der Waals surface area contributed by atoms with E-state index in [0.29, 0.717) is 31.4 Å². The van der Waals surface area contributed by atoms with Gasteiger partial charge in [0.05, 0.1) is 12.6 Å². The number of amides is 1. The normalized spacial score (nSPS) is 12.2. The molecule has 186 valence electrons. The Hall–Kier alpha value is -3.77. The summed E-state index contributed by atoms with van der Waals surface area (Å²) in [6, 6.07) is 24.7. The van der Waals surface area contributed by atoms with Gasteiger partial charge in [-0.05, 0) is 47.2 Å². The van der Waals surface area contributed by atoms with Crippen molar-refractivity contribution in [1.29, 1.82) is 0 Å². The molecule has 6 heteroatoms. The molecule has 1 N–H and O–H groups in total. The van der Waals surface area contributed by atoms with Gasteiger partial charge in [-0.25, -0.2) is 9.37 Å². The van der Waals surface area contributed by atoms with Crippen LogP contribution < -0.4 is 5.32 Å². The maximum absolute atomic E-state index is 13.4. The monoisotopic (exact) mass is 485 g/mol. The Morgan fingerprint density at radius 2 is 1.47 bits per heavy atom. The smallest absolute Gasteiger partial charge is 0.273 e. The largest absolute Gasteiger partial charge is 0.447 e. The van der Waals surface area contributed by atoms with E-state index in [4.69, 9.17) is 4.42 Å². The van der Waals surface area contributed by atoms with E-state index in [-0.39, 0.29) is 23.5 Å². The summed E-state index contributed by atoms with van der Waals surface area (Å²) in [4.78, 5) is 19.4. The second-order valence-electron chi connectivity index (χ2n) is 9.40. The average Bonchev–Trinajstić information content (AvgIpc) is 3.35. The van der Waals surface area contributed by atoms with E-state index in [1.165, 1.54) is 24.0 Å². The molecule has 36 heavy (non-hydrogen) atoms. The predicted octanol–water partition coefficient (Wildman–Crippen LogP) is 6.63. The van der Waals surface area contributed by atoms with Crippen LogP contribution in [-0.4, -0.2) is 15.8 Å². The third-order valence-corrected chi connectivity index (χ3v) is 6.16. The highest BCUT2D eigenvalue weighted by molar-refractivity contribution is 5.92. The number of halogens is 1. The maximum Gasteiger partial charge on any atom is 0.273 e. The van der Waals surface area contributed by atoms with Gasteiger partial charge in [-0.1, -0.05) is 80.6 Å². The third-order valence-electron chi connectivity index (χ3n) is 6.16. The Balaban J connectivity index is 1.46. The quantitative estimate of drug-likeness (QED) is 0.274. The number of rotatable bonds is 10. The van der Waals surface area contributed by atoms with Crippen molar-refractivity contribution in [3.05, 3.63) is 125 Å². The van der Waals surface area contributed by atoms with Crippen LogP contribution in [0.2, 0.25) is 0 Å². The van der Waals surface area contributed by atoms with Gasteiger partial charge >= 0.3 is 0 Å². The summed E-state index contributed by atoms with van der Waals surface area (Å²) in [6.45, 7) is 7.93. The lowest BCUT2D eigenvalue weighted by molar-refractivity contribution is 0.0934. The number of hydrogen-bond acceptors (Lipinski definition) is 4. The fourth-order valence-electron chi connectivity index (χ4n) is 4.06. The Bertz CT molecular complexity index is 1250. The molecule has 0 aliphatic carbocycles. The first-order valence-corrected chi connectivity index (χ1v) is 12.2. The molecular weight excluding hydrogens is 453 g/mol. The second-order valence-corrected chi connectivity index (χ2v) is 9.40. The zero-order valence-electron chi connectivity index (χ0n) is 20.9. The van der Waals surface area contributed by atoms with Crippen molar-refractivity contribution in [1.82, 2.24) is 15.2 Å². The molecule has 1 amide bonds. The van der Waals surface area contributed by atoms with Crippen molar-refractivity contribution in [2.45, 2.75) is 52.4 Å². The Labute approximate surface area is 212 Å². The van der Waals surface area contributed by atoms with E-state index in [2.05, 4.69) is 53.3 Å². The third kappa shape index (κ3) is 6.89. The molecule has 0 saturated heterocycles. The highest BCUT2D eigenvalue weighted by Gasteiger charge is 2.18. The Kier molecular flexibility index (Phi) is 8.28. The van der Waals surface area contributed by atoms with Gasteiger partial charge in [-0.2, -0.15) is 0 Å². The number of nitrogens with one attached hydrogen (secondary N) is 1. The number of oxazole rings is 1. The lowest BCUT2D eigenvalue weighted by atomic mass is 10.0. The molecule has 0 fully saturated rings. The molecule has 0 aliphatic heterocycles. The number of aromatic nitrogens is 1. The standard InChI is InChI=1S/C30H32FN3O2/c1-21(2)25-13-9-23(10-14-25)17-34(18-24-11-15-27(31)16-12-24)19-29-33-28(20-36-29)30(35)32-22(3)26-7-5-4-6-8-26/h4-16,20-22H,17-19H2,1-3H3,(H,32,35). The highest BCUT2D eigenvalue weighted by atomic mass is 19.1. The first-order chi connectivity index (χ1) is 17.4. The number of hydrogen-bond donors (Lipinski definition) is 1. The van der Waals surface area contributed by atoms with Gasteiger partial charge in [0.15, 0.2) is 5.69 Å². The summed E-state index contributed by atoms with van der Waals surface area (Å²) in [5.74, 6) is 0.377. The number of nitrogens with zero attached hydrogens (tertiary/aromatic N) is 2. The van der Waals surface area contributed by atoms with Gasteiger partial charge in [0.2, 0.25) is 5.89 Å². The van der Waals surface area contributed by atoms with E-state index >= 15 is 0 Å². The van der Waals surface area contributed by atoms with Crippen LogP contribution in [0.15, 0.2) is 89.5 Å². The molecule has 1 atom stereocenters. The second kappa shape index (κ2) is 11.8. The van der Waals surface area contributed by atoms with Crippen LogP contribution in [0.4, 0.5) is 4.39 Å². The molecule has 5 nitrogen and oxygen atoms in total. The van der Waals surface area contributed by atoms with Crippen molar-refractivity contribution in [2.24, 2.45) is 0 Å². The van der Waals surface area contributed by atoms with Crippen LogP contribution >= 0.6 is 0 Å². The molecule has 4 rings (SSSR count). The van der Waals surface area contributed by atoms with Crippen molar-refractivity contribution in [3.63, 3.8) is 0 Å². The summed E-state index contributed by atoms with van der Waals surface area (Å²) >= 11 is 0. The Morgan fingerprint density at radius 1 is 0.861 bits per heavy atom. The van der Waals surface area contributed by atoms with Gasteiger partial charge in [-0.15, -0.1) is 0 Å². The van der Waals surface area contributed by atoms with Gasteiger partial charge < -0.3 is 9.73 Å². The number of carbonyl (C=O) groups excluding carboxylic acids is 1. The fourth-order valence-corrected chi connectivity index (χ4v) is 4.06. The van der Waals surface area contributed by atoms with Crippen molar-refractivity contribution >= 4 is 5.91 Å². The van der Waals surface area contributed by atoms with E-state index in [1.54, 1.807) is 12.1 Å². The van der Waals surface area contributed by atoms with E-state index < -0.39 is 0 Å². The number of carbonyl (C=O) groups is 1. The first kappa shape index (κ1) is 25.3. The SMILES string of the molecule is CC(C)c1ccc(CN(Cc2ccc(F)cc2)Cc2nc(C(=O)NC(C)c3ccccc3)co2)cc1. The summed E-state index contributed by atoms with van der Waals surface area (Å²) in [5, 5.41) is 2.97. The Morgan fingerprint density at radius 3 is 2.08 bits per heavy atom. The summed E-state index contributed by atoms with van der Waals surface area (Å²) in [7, 11) is 0. The number of benzene rings is 3. The zero-order chi connectivity index (χ0) is 25.5. The molecule has 0 bridgehead atoms. The minimum atomic E-state index is -0.282. The van der Waals surface area contributed by atoms with Crippen LogP contribution in [0.5, 0.6) is 0 Å². The van der Waals surface area contributed by atoms with Crippen LogP contribution in [0.25, 0.3) is 0 Å². The molecule has 0 aliphatic rings. The van der Waals surface area contributed by atoms with Crippen LogP contribution in [0.1, 0.15) is 71.4 Å². The van der Waals surface area contributed by atoms with Gasteiger partial charge in [-0.3, -0.25) is 9.69 Å². The van der Waals surface area contributed by atoms with E-state index in [1.807, 2.05) is 37.3 Å². The van der Waals surface area contributed by atoms with Gasteiger partial charge in [0, 0.05) is 13.1 Å².